The Balaban J connectivity index is 2.42. The number of rotatable bonds is 4. The first kappa shape index (κ1) is 13.0. The summed E-state index contributed by atoms with van der Waals surface area (Å²) in [4.78, 5) is 22.4. The number of hydrogen-bond donors (Lipinski definition) is 1. The SMILES string of the molecule is COC(=O)/C=C/CNC(=O)c1ccc(C)cc1. The highest BCUT2D eigenvalue weighted by Crippen LogP contribution is 2.02. The van der Waals surface area contributed by atoms with Crippen LogP contribution in [-0.2, 0) is 9.53 Å². The van der Waals surface area contributed by atoms with Crippen molar-refractivity contribution in [3.05, 3.63) is 47.5 Å². The molecule has 0 unspecified atom stereocenters. The van der Waals surface area contributed by atoms with Gasteiger partial charge < -0.3 is 10.1 Å². The largest absolute Gasteiger partial charge is 0.466 e. The van der Waals surface area contributed by atoms with Crippen LogP contribution in [0.3, 0.4) is 0 Å². The molecule has 0 saturated heterocycles. The van der Waals surface area contributed by atoms with Crippen molar-refractivity contribution in [3.63, 3.8) is 0 Å². The molecular formula is C13H15NO3. The lowest BCUT2D eigenvalue weighted by Crippen LogP contribution is -2.23. The smallest absolute Gasteiger partial charge is 0.330 e. The van der Waals surface area contributed by atoms with Crippen LogP contribution < -0.4 is 5.32 Å². The second-order valence-corrected chi connectivity index (χ2v) is 3.50. The van der Waals surface area contributed by atoms with Crippen molar-refractivity contribution < 1.29 is 14.3 Å². The molecule has 0 spiro atoms. The molecule has 1 aromatic rings. The number of esters is 1. The van der Waals surface area contributed by atoms with Crippen molar-refractivity contribution >= 4 is 11.9 Å². The van der Waals surface area contributed by atoms with E-state index in [0.29, 0.717) is 12.1 Å². The van der Waals surface area contributed by atoms with E-state index in [-0.39, 0.29) is 5.91 Å². The van der Waals surface area contributed by atoms with Gasteiger partial charge in [-0.3, -0.25) is 4.79 Å². The van der Waals surface area contributed by atoms with Crippen molar-refractivity contribution in [2.24, 2.45) is 0 Å². The molecular weight excluding hydrogens is 218 g/mol. The molecule has 1 rings (SSSR count). The van der Waals surface area contributed by atoms with Gasteiger partial charge in [0.05, 0.1) is 7.11 Å². The van der Waals surface area contributed by atoms with E-state index in [1.54, 1.807) is 12.1 Å². The predicted octanol–water partition coefficient (Wildman–Crippen LogP) is 1.45. The van der Waals surface area contributed by atoms with Crippen LogP contribution in [0.15, 0.2) is 36.4 Å². The number of carbonyl (C=O) groups excluding carboxylic acids is 2. The van der Waals surface area contributed by atoms with Gasteiger partial charge in [-0.15, -0.1) is 0 Å². The third-order valence-electron chi connectivity index (χ3n) is 2.15. The molecule has 0 heterocycles. The van der Waals surface area contributed by atoms with Crippen LogP contribution in [0.1, 0.15) is 15.9 Å². The summed E-state index contributed by atoms with van der Waals surface area (Å²) in [6.45, 7) is 2.25. The monoisotopic (exact) mass is 233 g/mol. The lowest BCUT2D eigenvalue weighted by molar-refractivity contribution is -0.134. The van der Waals surface area contributed by atoms with Gasteiger partial charge >= 0.3 is 5.97 Å². The Labute approximate surface area is 100 Å². The van der Waals surface area contributed by atoms with E-state index in [2.05, 4.69) is 10.1 Å². The fraction of sp³-hybridized carbons (Fsp3) is 0.231. The quantitative estimate of drug-likeness (QED) is 0.632. The molecule has 0 aliphatic heterocycles. The van der Waals surface area contributed by atoms with Gasteiger partial charge in [-0.1, -0.05) is 23.8 Å². The molecule has 0 aliphatic rings. The van der Waals surface area contributed by atoms with Gasteiger partial charge in [0, 0.05) is 18.2 Å². The lowest BCUT2D eigenvalue weighted by atomic mass is 10.1. The lowest BCUT2D eigenvalue weighted by Gasteiger charge is -2.02. The van der Waals surface area contributed by atoms with Crippen LogP contribution in [0.4, 0.5) is 0 Å². The van der Waals surface area contributed by atoms with Crippen molar-refractivity contribution in [3.8, 4) is 0 Å². The van der Waals surface area contributed by atoms with Gasteiger partial charge in [0.25, 0.3) is 5.91 Å². The molecule has 90 valence electrons. The minimum absolute atomic E-state index is 0.167. The Morgan fingerprint density at radius 1 is 1.29 bits per heavy atom. The van der Waals surface area contributed by atoms with E-state index in [1.807, 2.05) is 19.1 Å². The zero-order valence-electron chi connectivity index (χ0n) is 9.90. The molecule has 0 aliphatic carbocycles. The number of amides is 1. The molecule has 0 bridgehead atoms. The second kappa shape index (κ2) is 6.48. The first-order chi connectivity index (χ1) is 8.13. The van der Waals surface area contributed by atoms with Gasteiger partial charge in [-0.2, -0.15) is 0 Å². The number of nitrogens with one attached hydrogen (secondary N) is 1. The Hall–Kier alpha value is -2.10. The van der Waals surface area contributed by atoms with Gasteiger partial charge in [0.15, 0.2) is 0 Å². The maximum Gasteiger partial charge on any atom is 0.330 e. The molecule has 0 fully saturated rings. The molecule has 4 nitrogen and oxygen atoms in total. The van der Waals surface area contributed by atoms with E-state index < -0.39 is 5.97 Å². The summed E-state index contributed by atoms with van der Waals surface area (Å²) in [6, 6.07) is 7.27. The number of hydrogen-bond acceptors (Lipinski definition) is 3. The fourth-order valence-corrected chi connectivity index (χ4v) is 1.18. The van der Waals surface area contributed by atoms with Crippen LogP contribution in [0.25, 0.3) is 0 Å². The predicted molar refractivity (Wildman–Crippen MR) is 64.7 cm³/mol. The van der Waals surface area contributed by atoms with Crippen molar-refractivity contribution in [2.45, 2.75) is 6.92 Å². The maximum absolute atomic E-state index is 11.6. The standard InChI is InChI=1S/C13H15NO3/c1-10-5-7-11(8-6-10)13(16)14-9-3-4-12(15)17-2/h3-8H,9H2,1-2H3,(H,14,16)/b4-3+. The number of benzene rings is 1. The molecule has 0 radical (unpaired) electrons. The third-order valence-corrected chi connectivity index (χ3v) is 2.15. The Bertz CT molecular complexity index is 421. The summed E-state index contributed by atoms with van der Waals surface area (Å²) in [6.07, 6.45) is 2.81. The topological polar surface area (TPSA) is 55.4 Å². The number of carbonyl (C=O) groups is 2. The Kier molecular flexibility index (Phi) is 4.94. The number of ether oxygens (including phenoxy) is 1. The molecule has 4 heteroatoms. The van der Waals surface area contributed by atoms with Gasteiger partial charge in [0.1, 0.15) is 0 Å². The molecule has 17 heavy (non-hydrogen) atoms. The van der Waals surface area contributed by atoms with Crippen LogP contribution in [0.2, 0.25) is 0 Å². The fourth-order valence-electron chi connectivity index (χ4n) is 1.18. The summed E-state index contributed by atoms with van der Waals surface area (Å²) >= 11 is 0. The zero-order chi connectivity index (χ0) is 12.7. The minimum Gasteiger partial charge on any atom is -0.466 e. The van der Waals surface area contributed by atoms with E-state index in [9.17, 15) is 9.59 Å². The summed E-state index contributed by atoms with van der Waals surface area (Å²) < 4.78 is 4.42. The summed E-state index contributed by atoms with van der Waals surface area (Å²) in [5.74, 6) is -0.603. The van der Waals surface area contributed by atoms with Crippen LogP contribution >= 0.6 is 0 Å². The summed E-state index contributed by atoms with van der Waals surface area (Å²) in [5.41, 5.74) is 1.70. The normalized spacial score (nSPS) is 10.2. The van der Waals surface area contributed by atoms with Crippen LogP contribution in [-0.4, -0.2) is 25.5 Å². The Morgan fingerprint density at radius 2 is 1.94 bits per heavy atom. The van der Waals surface area contributed by atoms with E-state index >= 15 is 0 Å². The molecule has 1 N–H and O–H groups in total. The van der Waals surface area contributed by atoms with Crippen molar-refractivity contribution in [1.29, 1.82) is 0 Å². The minimum atomic E-state index is -0.436. The highest BCUT2D eigenvalue weighted by atomic mass is 16.5. The van der Waals surface area contributed by atoms with Crippen molar-refractivity contribution in [2.75, 3.05) is 13.7 Å². The van der Waals surface area contributed by atoms with Crippen LogP contribution in [0.5, 0.6) is 0 Å². The van der Waals surface area contributed by atoms with Crippen LogP contribution in [0, 0.1) is 6.92 Å². The molecule has 0 saturated carbocycles. The van der Waals surface area contributed by atoms with Gasteiger partial charge in [0.2, 0.25) is 0 Å². The van der Waals surface area contributed by atoms with E-state index in [4.69, 9.17) is 0 Å². The molecule has 0 aromatic heterocycles. The maximum atomic E-state index is 11.6. The zero-order valence-corrected chi connectivity index (χ0v) is 9.90. The summed E-state index contributed by atoms with van der Waals surface area (Å²) in [7, 11) is 1.30. The summed E-state index contributed by atoms with van der Waals surface area (Å²) in [5, 5.41) is 2.66. The third kappa shape index (κ3) is 4.51. The highest BCUT2D eigenvalue weighted by molar-refractivity contribution is 5.94. The van der Waals surface area contributed by atoms with E-state index in [1.165, 1.54) is 19.3 Å². The average Bonchev–Trinajstić information content (AvgIpc) is 2.34. The molecule has 1 aromatic carbocycles. The number of aryl methyl sites for hydroxylation is 1. The molecule has 1 amide bonds. The Morgan fingerprint density at radius 3 is 2.53 bits per heavy atom. The average molecular weight is 233 g/mol. The highest BCUT2D eigenvalue weighted by Gasteiger charge is 2.02. The van der Waals surface area contributed by atoms with Gasteiger partial charge in [-0.25, -0.2) is 4.79 Å². The number of methoxy groups -OCH3 is 1. The van der Waals surface area contributed by atoms with Gasteiger partial charge in [-0.05, 0) is 19.1 Å². The first-order valence-corrected chi connectivity index (χ1v) is 5.23. The molecule has 0 atom stereocenters. The van der Waals surface area contributed by atoms with Crippen molar-refractivity contribution in [1.82, 2.24) is 5.32 Å². The second-order valence-electron chi connectivity index (χ2n) is 3.50. The van der Waals surface area contributed by atoms with E-state index in [0.717, 1.165) is 5.56 Å². The first-order valence-electron chi connectivity index (χ1n) is 5.23.